The molecule has 0 spiro atoms. The van der Waals surface area contributed by atoms with Crippen LogP contribution >= 0.6 is 0 Å². The van der Waals surface area contributed by atoms with Gasteiger partial charge in [-0.2, -0.15) is 5.10 Å². The Hall–Kier alpha value is -3.64. The third-order valence-corrected chi connectivity index (χ3v) is 9.36. The standard InChI is InChI=1S/C39H54N4O2/c1-10-34(11-2)42-23-15-19-33(26-42)30(8)24-32(27(4)5)21-22-36-29(7)17-14-20-35(36)28(6)16-13-18-31(9)43-38(12-3)37(25-40-43)39(44)41-45/h13,16,18-20,24-25,34H,6,10-12,14-15,17,21-23,26H2,1-5,7-9H3/b16-13-,30-24-,31-18+. The first-order valence-corrected chi connectivity index (χ1v) is 16.7. The van der Waals surface area contributed by atoms with Crippen molar-refractivity contribution < 1.29 is 4.79 Å². The van der Waals surface area contributed by atoms with Crippen molar-refractivity contribution in [1.29, 1.82) is 0 Å². The van der Waals surface area contributed by atoms with E-state index >= 15 is 0 Å². The minimum absolute atomic E-state index is 0.256. The van der Waals surface area contributed by atoms with Crippen molar-refractivity contribution in [1.82, 2.24) is 14.7 Å². The largest absolute Gasteiger partial charge is 0.320 e. The predicted octanol–water partition coefficient (Wildman–Crippen LogP) is 10.2. The molecule has 1 aliphatic carbocycles. The number of rotatable bonds is 14. The number of carbonyl (C=O) groups is 1. The summed E-state index contributed by atoms with van der Waals surface area (Å²) >= 11 is 0. The van der Waals surface area contributed by atoms with E-state index in [-0.39, 0.29) is 5.56 Å². The van der Waals surface area contributed by atoms with Crippen LogP contribution in [0.4, 0.5) is 0 Å². The van der Waals surface area contributed by atoms with Crippen LogP contribution < -0.4 is 0 Å². The molecule has 0 fully saturated rings. The second-order valence-corrected chi connectivity index (χ2v) is 12.6. The number of allylic oxidation sites excluding steroid dienone is 12. The van der Waals surface area contributed by atoms with Crippen LogP contribution in [0.3, 0.4) is 0 Å². The Kier molecular flexibility index (Phi) is 13.7. The molecular weight excluding hydrogens is 556 g/mol. The summed E-state index contributed by atoms with van der Waals surface area (Å²) in [6, 6.07) is 0.668. The van der Waals surface area contributed by atoms with Gasteiger partial charge in [0.1, 0.15) is 0 Å². The van der Waals surface area contributed by atoms with Gasteiger partial charge in [0, 0.05) is 30.0 Å². The lowest BCUT2D eigenvalue weighted by Crippen LogP contribution is -2.38. The van der Waals surface area contributed by atoms with E-state index in [0.717, 1.165) is 49.9 Å². The molecule has 0 bridgehead atoms. The molecular formula is C39H54N4O2. The van der Waals surface area contributed by atoms with Crippen LogP contribution in [-0.2, 0) is 6.42 Å². The zero-order valence-corrected chi connectivity index (χ0v) is 29.0. The summed E-state index contributed by atoms with van der Waals surface area (Å²) < 4.78 is 1.70. The molecule has 0 aromatic carbocycles. The molecule has 0 saturated carbocycles. The average Bonchev–Trinajstić information content (AvgIpc) is 3.48. The van der Waals surface area contributed by atoms with E-state index in [1.165, 1.54) is 64.6 Å². The third-order valence-electron chi connectivity index (χ3n) is 9.36. The minimum atomic E-state index is -0.787. The maximum absolute atomic E-state index is 11.9. The highest BCUT2D eigenvalue weighted by molar-refractivity contribution is 5.95. The number of hydrogen-bond donors (Lipinski definition) is 0. The highest BCUT2D eigenvalue weighted by atomic mass is 16.3. The molecule has 6 nitrogen and oxygen atoms in total. The number of amides is 1. The van der Waals surface area contributed by atoms with Crippen LogP contribution in [0.2, 0.25) is 0 Å². The highest BCUT2D eigenvalue weighted by Crippen LogP contribution is 2.35. The summed E-state index contributed by atoms with van der Waals surface area (Å²) in [5, 5.41) is 6.90. The van der Waals surface area contributed by atoms with Crippen molar-refractivity contribution in [2.75, 3.05) is 13.1 Å². The van der Waals surface area contributed by atoms with E-state index in [2.05, 4.69) is 87.6 Å². The van der Waals surface area contributed by atoms with Crippen molar-refractivity contribution in [3.05, 3.63) is 110 Å². The molecule has 0 unspecified atom stereocenters. The number of hydrogen-bond acceptors (Lipinski definition) is 4. The van der Waals surface area contributed by atoms with Gasteiger partial charge in [-0.25, -0.2) is 4.68 Å². The van der Waals surface area contributed by atoms with Crippen molar-refractivity contribution in [3.63, 3.8) is 0 Å². The van der Waals surface area contributed by atoms with Gasteiger partial charge < -0.3 is 0 Å². The summed E-state index contributed by atoms with van der Waals surface area (Å²) in [5.41, 5.74) is 12.5. The normalized spacial score (nSPS) is 16.7. The molecule has 45 heavy (non-hydrogen) atoms. The zero-order valence-electron chi connectivity index (χ0n) is 29.0. The maximum atomic E-state index is 11.9. The van der Waals surface area contributed by atoms with E-state index in [4.69, 9.17) is 0 Å². The Bertz CT molecular complexity index is 1480. The predicted molar refractivity (Wildman–Crippen MR) is 190 cm³/mol. The Morgan fingerprint density at radius 3 is 2.49 bits per heavy atom. The lowest BCUT2D eigenvalue weighted by atomic mass is 9.84. The second-order valence-electron chi connectivity index (χ2n) is 12.6. The van der Waals surface area contributed by atoms with Crippen LogP contribution in [-0.4, -0.2) is 39.7 Å². The fourth-order valence-electron chi connectivity index (χ4n) is 6.57. The van der Waals surface area contributed by atoms with Crippen molar-refractivity contribution in [2.45, 2.75) is 113 Å². The Balaban J connectivity index is 1.74. The molecule has 2 aliphatic rings. The summed E-state index contributed by atoms with van der Waals surface area (Å²) in [7, 11) is 0. The van der Waals surface area contributed by atoms with Gasteiger partial charge in [0.15, 0.2) is 0 Å². The van der Waals surface area contributed by atoms with Gasteiger partial charge in [-0.3, -0.25) is 9.69 Å². The summed E-state index contributed by atoms with van der Waals surface area (Å²) in [4.78, 5) is 25.3. The fourth-order valence-corrected chi connectivity index (χ4v) is 6.57. The molecule has 1 aliphatic heterocycles. The fraction of sp³-hybridized carbons (Fsp3) is 0.487. The Morgan fingerprint density at radius 2 is 1.84 bits per heavy atom. The lowest BCUT2D eigenvalue weighted by Gasteiger charge is -2.34. The molecule has 3 rings (SSSR count). The van der Waals surface area contributed by atoms with E-state index < -0.39 is 5.91 Å². The molecule has 1 aromatic heterocycles. The zero-order chi connectivity index (χ0) is 33.1. The summed E-state index contributed by atoms with van der Waals surface area (Å²) in [6.45, 7) is 24.2. The maximum Gasteiger partial charge on any atom is 0.320 e. The van der Waals surface area contributed by atoms with Gasteiger partial charge in [0.25, 0.3) is 0 Å². The van der Waals surface area contributed by atoms with Crippen molar-refractivity contribution in [2.24, 2.45) is 5.18 Å². The molecule has 2 heterocycles. The molecule has 0 saturated heterocycles. The van der Waals surface area contributed by atoms with Gasteiger partial charge >= 0.3 is 5.91 Å². The molecule has 1 amide bonds. The van der Waals surface area contributed by atoms with Crippen LogP contribution in [0.25, 0.3) is 5.70 Å². The van der Waals surface area contributed by atoms with Gasteiger partial charge in [-0.05, 0) is 125 Å². The SMILES string of the molecule is C=C(/C=C\C=C(/C)n1ncc(C(=O)N=O)c1CC)C1=CCCC(C)=C1CCC(/C=C(/C)C1=CCCN(C(CC)CC)C1)=C(C)C. The number of nitrogens with zero attached hydrogens (tertiary/aromatic N) is 4. The number of nitroso groups, excluding NO2 is 1. The van der Waals surface area contributed by atoms with Crippen LogP contribution in [0.5, 0.6) is 0 Å². The minimum Gasteiger partial charge on any atom is -0.296 e. The topological polar surface area (TPSA) is 67.6 Å². The Morgan fingerprint density at radius 1 is 1.11 bits per heavy atom. The van der Waals surface area contributed by atoms with Gasteiger partial charge in [-0.15, -0.1) is 4.91 Å². The van der Waals surface area contributed by atoms with E-state index in [1.807, 2.05) is 26.0 Å². The molecule has 6 heteroatoms. The van der Waals surface area contributed by atoms with Crippen LogP contribution in [0.1, 0.15) is 116 Å². The number of aromatic nitrogens is 2. The Labute approximate surface area is 271 Å². The van der Waals surface area contributed by atoms with E-state index in [0.29, 0.717) is 18.2 Å². The molecule has 0 atom stereocenters. The molecule has 0 radical (unpaired) electrons. The monoisotopic (exact) mass is 610 g/mol. The first-order valence-electron chi connectivity index (χ1n) is 16.7. The lowest BCUT2D eigenvalue weighted by molar-refractivity contribution is 0.1000. The number of carbonyl (C=O) groups excluding carboxylic acids is 1. The van der Waals surface area contributed by atoms with Gasteiger partial charge in [-0.1, -0.05) is 68.9 Å². The third kappa shape index (κ3) is 9.20. The van der Waals surface area contributed by atoms with Crippen LogP contribution in [0.15, 0.2) is 99.0 Å². The second kappa shape index (κ2) is 17.2. The van der Waals surface area contributed by atoms with Gasteiger partial charge in [0.2, 0.25) is 0 Å². The quantitative estimate of drug-likeness (QED) is 0.155. The first kappa shape index (κ1) is 35.8. The van der Waals surface area contributed by atoms with Crippen molar-refractivity contribution >= 4 is 11.6 Å². The van der Waals surface area contributed by atoms with Gasteiger partial charge in [0.05, 0.1) is 17.5 Å². The summed E-state index contributed by atoms with van der Waals surface area (Å²) in [5.74, 6) is -0.787. The van der Waals surface area contributed by atoms with E-state index in [9.17, 15) is 9.70 Å². The average molecular weight is 611 g/mol. The first-order chi connectivity index (χ1) is 21.6. The molecule has 242 valence electrons. The molecule has 1 aromatic rings. The van der Waals surface area contributed by atoms with Crippen LogP contribution in [0, 0.1) is 4.91 Å². The summed E-state index contributed by atoms with van der Waals surface area (Å²) in [6.07, 6.45) is 22.8. The van der Waals surface area contributed by atoms with E-state index in [1.54, 1.807) is 4.68 Å². The van der Waals surface area contributed by atoms with Crippen molar-refractivity contribution in [3.8, 4) is 0 Å². The molecule has 0 N–H and O–H groups in total. The smallest absolute Gasteiger partial charge is 0.296 e. The highest BCUT2D eigenvalue weighted by Gasteiger charge is 2.21.